The molecule has 1 unspecified atom stereocenters. The summed E-state index contributed by atoms with van der Waals surface area (Å²) in [7, 11) is 0. The van der Waals surface area contributed by atoms with Crippen LogP contribution in [-0.4, -0.2) is 36.7 Å². The van der Waals surface area contributed by atoms with Gasteiger partial charge in [-0.25, -0.2) is 4.79 Å². The van der Waals surface area contributed by atoms with Gasteiger partial charge in [0.1, 0.15) is 6.61 Å². The summed E-state index contributed by atoms with van der Waals surface area (Å²) in [5, 5.41) is 2.93. The third-order valence-electron chi connectivity index (χ3n) is 4.10. The van der Waals surface area contributed by atoms with Gasteiger partial charge in [-0.1, -0.05) is 44.2 Å². The van der Waals surface area contributed by atoms with Gasteiger partial charge in [0.2, 0.25) is 0 Å². The molecule has 1 aromatic carbocycles. The van der Waals surface area contributed by atoms with Crippen molar-refractivity contribution in [1.82, 2.24) is 10.2 Å². The minimum atomic E-state index is -0.322. The highest BCUT2D eigenvalue weighted by Gasteiger charge is 2.23. The summed E-state index contributed by atoms with van der Waals surface area (Å²) in [5.74, 6) is 0.632. The van der Waals surface area contributed by atoms with Crippen molar-refractivity contribution >= 4 is 6.09 Å². The third kappa shape index (κ3) is 5.68. The summed E-state index contributed by atoms with van der Waals surface area (Å²) in [4.78, 5) is 14.4. The van der Waals surface area contributed by atoms with Crippen molar-refractivity contribution in [3.05, 3.63) is 35.9 Å². The number of carbonyl (C=O) groups excluding carboxylic acids is 1. The van der Waals surface area contributed by atoms with Crippen LogP contribution in [0.15, 0.2) is 30.3 Å². The molecule has 1 aromatic rings. The molecule has 0 aromatic heterocycles. The first-order chi connectivity index (χ1) is 10.6. The number of benzene rings is 1. The van der Waals surface area contributed by atoms with E-state index < -0.39 is 0 Å². The standard InChI is InChI=1S/C18H28N2O2/c1-15(2)12-17(20-10-6-7-11-20)13-19-18(21)22-14-16-8-4-3-5-9-16/h3-5,8-9,15,17H,6-7,10-14H2,1-2H3,(H,19,21). The van der Waals surface area contributed by atoms with Crippen molar-refractivity contribution in [2.75, 3.05) is 19.6 Å². The second-order valence-corrected chi connectivity index (χ2v) is 6.47. The molecule has 1 aliphatic heterocycles. The fraction of sp³-hybridized carbons (Fsp3) is 0.611. The molecule has 0 spiro atoms. The number of rotatable bonds is 7. The van der Waals surface area contributed by atoms with Crippen LogP contribution in [0.3, 0.4) is 0 Å². The lowest BCUT2D eigenvalue weighted by Gasteiger charge is -2.29. The molecule has 1 amide bonds. The van der Waals surface area contributed by atoms with Crippen molar-refractivity contribution in [2.45, 2.75) is 45.8 Å². The van der Waals surface area contributed by atoms with Crippen LogP contribution in [0.1, 0.15) is 38.7 Å². The zero-order valence-corrected chi connectivity index (χ0v) is 13.8. The smallest absolute Gasteiger partial charge is 0.407 e. The molecule has 1 fully saturated rings. The molecule has 1 saturated heterocycles. The Bertz CT molecular complexity index is 442. The van der Waals surface area contributed by atoms with Crippen molar-refractivity contribution in [1.29, 1.82) is 0 Å². The van der Waals surface area contributed by atoms with Crippen molar-refractivity contribution in [3.8, 4) is 0 Å². The first-order valence-corrected chi connectivity index (χ1v) is 8.33. The van der Waals surface area contributed by atoms with E-state index in [1.807, 2.05) is 30.3 Å². The first-order valence-electron chi connectivity index (χ1n) is 8.33. The maximum absolute atomic E-state index is 11.9. The first kappa shape index (κ1) is 16.8. The second-order valence-electron chi connectivity index (χ2n) is 6.47. The van der Waals surface area contributed by atoms with Crippen molar-refractivity contribution < 1.29 is 9.53 Å². The number of amides is 1. The predicted molar refractivity (Wildman–Crippen MR) is 88.7 cm³/mol. The molecule has 0 bridgehead atoms. The molecule has 4 heteroatoms. The van der Waals surface area contributed by atoms with E-state index in [1.165, 1.54) is 12.8 Å². The summed E-state index contributed by atoms with van der Waals surface area (Å²) in [5.41, 5.74) is 1.01. The van der Waals surface area contributed by atoms with E-state index in [2.05, 4.69) is 24.1 Å². The Morgan fingerprint density at radius 1 is 1.23 bits per heavy atom. The van der Waals surface area contributed by atoms with Crippen LogP contribution in [0, 0.1) is 5.92 Å². The number of alkyl carbamates (subject to hydrolysis) is 1. The van der Waals surface area contributed by atoms with E-state index in [9.17, 15) is 4.79 Å². The van der Waals surface area contributed by atoms with Crippen LogP contribution in [0.25, 0.3) is 0 Å². The fourth-order valence-corrected chi connectivity index (χ4v) is 2.99. The number of nitrogens with zero attached hydrogens (tertiary/aromatic N) is 1. The molecule has 1 N–H and O–H groups in total. The Balaban J connectivity index is 1.74. The highest BCUT2D eigenvalue weighted by atomic mass is 16.5. The molecule has 1 heterocycles. The zero-order chi connectivity index (χ0) is 15.8. The Hall–Kier alpha value is -1.55. The van der Waals surface area contributed by atoms with Crippen LogP contribution in [-0.2, 0) is 11.3 Å². The molecular weight excluding hydrogens is 276 g/mol. The average Bonchev–Trinajstić information content (AvgIpc) is 3.04. The number of nitrogens with one attached hydrogen (secondary N) is 1. The molecular formula is C18H28N2O2. The highest BCUT2D eigenvalue weighted by molar-refractivity contribution is 5.67. The normalized spacial score (nSPS) is 16.7. The van der Waals surface area contributed by atoms with Crippen LogP contribution < -0.4 is 5.32 Å². The fourth-order valence-electron chi connectivity index (χ4n) is 2.99. The van der Waals surface area contributed by atoms with Gasteiger partial charge < -0.3 is 10.1 Å². The van der Waals surface area contributed by atoms with Gasteiger partial charge >= 0.3 is 6.09 Å². The lowest BCUT2D eigenvalue weighted by molar-refractivity contribution is 0.132. The monoisotopic (exact) mass is 304 g/mol. The molecule has 2 rings (SSSR count). The Morgan fingerprint density at radius 3 is 2.55 bits per heavy atom. The molecule has 1 atom stereocenters. The van der Waals surface area contributed by atoms with Gasteiger partial charge in [-0.3, -0.25) is 4.90 Å². The molecule has 22 heavy (non-hydrogen) atoms. The van der Waals surface area contributed by atoms with Crippen LogP contribution in [0.5, 0.6) is 0 Å². The van der Waals surface area contributed by atoms with Crippen molar-refractivity contribution in [3.63, 3.8) is 0 Å². The topological polar surface area (TPSA) is 41.6 Å². The SMILES string of the molecule is CC(C)CC(CNC(=O)OCc1ccccc1)N1CCCC1. The lowest BCUT2D eigenvalue weighted by atomic mass is 10.0. The van der Waals surface area contributed by atoms with Gasteiger partial charge in [0.05, 0.1) is 0 Å². The summed E-state index contributed by atoms with van der Waals surface area (Å²) >= 11 is 0. The minimum Gasteiger partial charge on any atom is -0.445 e. The Labute approximate surface area is 133 Å². The van der Waals surface area contributed by atoms with Crippen LogP contribution >= 0.6 is 0 Å². The number of likely N-dealkylation sites (tertiary alicyclic amines) is 1. The number of carbonyl (C=O) groups is 1. The van der Waals surface area contributed by atoms with E-state index >= 15 is 0 Å². The van der Waals surface area contributed by atoms with E-state index in [4.69, 9.17) is 4.74 Å². The summed E-state index contributed by atoms with van der Waals surface area (Å²) < 4.78 is 5.28. The van der Waals surface area contributed by atoms with Crippen molar-refractivity contribution in [2.24, 2.45) is 5.92 Å². The maximum atomic E-state index is 11.9. The van der Waals surface area contributed by atoms with Gasteiger partial charge in [-0.2, -0.15) is 0 Å². The largest absolute Gasteiger partial charge is 0.445 e. The van der Waals surface area contributed by atoms with Gasteiger partial charge in [-0.05, 0) is 43.8 Å². The number of hydrogen-bond donors (Lipinski definition) is 1. The van der Waals surface area contributed by atoms with Gasteiger partial charge in [0, 0.05) is 12.6 Å². The minimum absolute atomic E-state index is 0.322. The average molecular weight is 304 g/mol. The molecule has 0 radical (unpaired) electrons. The number of hydrogen-bond acceptors (Lipinski definition) is 3. The maximum Gasteiger partial charge on any atom is 0.407 e. The second kappa shape index (κ2) is 8.79. The quantitative estimate of drug-likeness (QED) is 0.839. The predicted octanol–water partition coefficient (Wildman–Crippen LogP) is 3.42. The molecule has 0 saturated carbocycles. The lowest BCUT2D eigenvalue weighted by Crippen LogP contribution is -2.43. The summed E-state index contributed by atoms with van der Waals surface area (Å²) in [6, 6.07) is 10.2. The molecule has 4 nitrogen and oxygen atoms in total. The molecule has 122 valence electrons. The Kier molecular flexibility index (Phi) is 6.72. The summed E-state index contributed by atoms with van der Waals surface area (Å²) in [6.45, 7) is 7.76. The highest BCUT2D eigenvalue weighted by Crippen LogP contribution is 2.17. The zero-order valence-electron chi connectivity index (χ0n) is 13.8. The van der Waals surface area contributed by atoms with Crippen LogP contribution in [0.4, 0.5) is 4.79 Å². The van der Waals surface area contributed by atoms with E-state index in [1.54, 1.807) is 0 Å². The van der Waals surface area contributed by atoms with E-state index in [-0.39, 0.29) is 6.09 Å². The van der Waals surface area contributed by atoms with Gasteiger partial charge in [0.25, 0.3) is 0 Å². The van der Waals surface area contributed by atoms with Crippen LogP contribution in [0.2, 0.25) is 0 Å². The number of ether oxygens (including phenoxy) is 1. The van der Waals surface area contributed by atoms with Gasteiger partial charge in [-0.15, -0.1) is 0 Å². The van der Waals surface area contributed by atoms with Gasteiger partial charge in [0.15, 0.2) is 0 Å². The molecule has 0 aliphatic carbocycles. The molecule has 1 aliphatic rings. The summed E-state index contributed by atoms with van der Waals surface area (Å²) in [6.07, 6.45) is 3.33. The third-order valence-corrected chi connectivity index (χ3v) is 4.10. The van der Waals surface area contributed by atoms with E-state index in [0.717, 1.165) is 25.1 Å². The Morgan fingerprint density at radius 2 is 1.91 bits per heavy atom. The van der Waals surface area contributed by atoms with E-state index in [0.29, 0.717) is 25.1 Å².